The van der Waals surface area contributed by atoms with Gasteiger partial charge in [-0.2, -0.15) is 5.10 Å². The number of nitrogens with one attached hydrogen (secondary N) is 1. The van der Waals surface area contributed by atoms with E-state index >= 15 is 0 Å². The number of primary amides is 1. The standard InChI is InChI=1S/C39H31NO2.C21H20N4O/c1-2-34-35(27-36(28-15-7-3-8-16-28)38(39(41)42)37(34)30-17-9-4-10-18-30)29-23-25-33(26-24-29)40(31-19-11-5-12-20-31)32-21-13-6-14-22-32;1-16(23-24-21(22)26)17-12-14-20(15-13-17)25(18-8-4-2-5-9-18)19-10-6-3-7-11-19/h3-27H,2H2,1H3,(H,41,42);2-15H,1H3,(H3,22,24,26). The predicted molar refractivity (Wildman–Crippen MR) is 280 cm³/mol. The Morgan fingerprint density at radius 2 is 0.838 bits per heavy atom. The summed E-state index contributed by atoms with van der Waals surface area (Å²) in [4.78, 5) is 28.1. The number of rotatable bonds is 13. The molecule has 4 N–H and O–H groups in total. The number of hydrazone groups is 1. The Bertz CT molecular complexity index is 3020. The van der Waals surface area contributed by atoms with Crippen LogP contribution in [0.4, 0.5) is 38.9 Å². The van der Waals surface area contributed by atoms with Crippen molar-refractivity contribution >= 4 is 51.8 Å². The minimum atomic E-state index is -0.925. The second-order valence-electron chi connectivity index (χ2n) is 15.9. The first-order valence-corrected chi connectivity index (χ1v) is 22.5. The number of hydrogen-bond donors (Lipinski definition) is 3. The molecule has 0 heterocycles. The topological polar surface area (TPSA) is 111 Å². The highest BCUT2D eigenvalue weighted by molar-refractivity contribution is 6.06. The summed E-state index contributed by atoms with van der Waals surface area (Å²) in [6, 6.07) is 78.7. The van der Waals surface area contributed by atoms with Crippen molar-refractivity contribution in [3.8, 4) is 33.4 Å². The van der Waals surface area contributed by atoms with Crippen molar-refractivity contribution in [2.75, 3.05) is 9.80 Å². The van der Waals surface area contributed by atoms with Crippen LogP contribution in [0.5, 0.6) is 0 Å². The van der Waals surface area contributed by atoms with Crippen molar-refractivity contribution in [3.05, 3.63) is 253 Å². The molecule has 0 aliphatic rings. The van der Waals surface area contributed by atoms with E-state index in [1.807, 2.05) is 165 Å². The van der Waals surface area contributed by atoms with Crippen LogP contribution in [0, 0.1) is 0 Å². The summed E-state index contributed by atoms with van der Waals surface area (Å²) in [5.41, 5.74) is 22.0. The van der Waals surface area contributed by atoms with Gasteiger partial charge in [-0.05, 0) is 131 Å². The molecule has 0 saturated heterocycles. The van der Waals surface area contributed by atoms with Crippen LogP contribution < -0.4 is 21.0 Å². The van der Waals surface area contributed by atoms with Gasteiger partial charge in [0.2, 0.25) is 0 Å². The van der Waals surface area contributed by atoms with Crippen molar-refractivity contribution < 1.29 is 14.7 Å². The van der Waals surface area contributed by atoms with E-state index in [4.69, 9.17) is 5.73 Å². The van der Waals surface area contributed by atoms with Crippen molar-refractivity contribution in [2.45, 2.75) is 20.3 Å². The fourth-order valence-electron chi connectivity index (χ4n) is 8.39. The summed E-state index contributed by atoms with van der Waals surface area (Å²) in [6.45, 7) is 3.91. The Morgan fingerprint density at radius 1 is 0.485 bits per heavy atom. The lowest BCUT2D eigenvalue weighted by molar-refractivity contribution is 0.0698. The monoisotopic (exact) mass is 889 g/mol. The highest BCUT2D eigenvalue weighted by Crippen LogP contribution is 2.43. The smallest absolute Gasteiger partial charge is 0.336 e. The zero-order chi connectivity index (χ0) is 47.2. The number of carboxylic acid groups (broad SMARTS) is 1. The SMILES string of the molecule is CC(=NNC(N)=O)c1ccc(N(c2ccccc2)c2ccccc2)cc1.CCc1c(-c2ccc(N(c3ccccc3)c3ccccc3)cc2)cc(-c2ccccc2)c(C(=O)O)c1-c1ccccc1. The number of amides is 2. The normalized spacial score (nSPS) is 10.9. The molecule has 0 atom stereocenters. The number of anilines is 6. The molecule has 8 heteroatoms. The number of para-hydroxylation sites is 4. The molecule has 68 heavy (non-hydrogen) atoms. The van der Waals surface area contributed by atoms with Crippen LogP contribution in [0.2, 0.25) is 0 Å². The minimum Gasteiger partial charge on any atom is -0.478 e. The number of nitrogens with zero attached hydrogens (tertiary/aromatic N) is 3. The van der Waals surface area contributed by atoms with Crippen molar-refractivity contribution in [3.63, 3.8) is 0 Å². The third-order valence-electron chi connectivity index (χ3n) is 11.5. The van der Waals surface area contributed by atoms with Crippen molar-refractivity contribution in [1.29, 1.82) is 0 Å². The Labute approximate surface area is 397 Å². The van der Waals surface area contributed by atoms with Gasteiger partial charge in [-0.25, -0.2) is 15.0 Å². The van der Waals surface area contributed by atoms with E-state index in [-0.39, 0.29) is 0 Å². The maximum atomic E-state index is 12.9. The number of urea groups is 1. The molecule has 2 amide bonds. The molecule has 0 spiro atoms. The molecule has 0 unspecified atom stereocenters. The fourth-order valence-corrected chi connectivity index (χ4v) is 8.39. The average molecular weight is 890 g/mol. The molecule has 9 rings (SSSR count). The zero-order valence-corrected chi connectivity index (χ0v) is 37.9. The fraction of sp³-hybridized carbons (Fsp3) is 0.0500. The van der Waals surface area contributed by atoms with Gasteiger partial charge in [0.15, 0.2) is 0 Å². The number of carboxylic acids is 1. The second-order valence-corrected chi connectivity index (χ2v) is 15.9. The number of nitrogens with two attached hydrogens (primary N) is 1. The van der Waals surface area contributed by atoms with Gasteiger partial charge in [0.25, 0.3) is 0 Å². The van der Waals surface area contributed by atoms with E-state index in [1.165, 1.54) is 0 Å². The lowest BCUT2D eigenvalue weighted by Gasteiger charge is -2.26. The molecule has 0 aliphatic carbocycles. The first kappa shape index (κ1) is 45.6. The summed E-state index contributed by atoms with van der Waals surface area (Å²) < 4.78 is 0. The first-order valence-electron chi connectivity index (χ1n) is 22.5. The van der Waals surface area contributed by atoms with Gasteiger partial charge in [-0.15, -0.1) is 0 Å². The van der Waals surface area contributed by atoms with Crippen LogP contribution in [0.15, 0.2) is 242 Å². The molecule has 0 bridgehead atoms. The molecule has 334 valence electrons. The lowest BCUT2D eigenvalue weighted by Crippen LogP contribution is -2.25. The Morgan fingerprint density at radius 3 is 1.22 bits per heavy atom. The number of carbonyl (C=O) groups excluding carboxylic acids is 1. The third kappa shape index (κ3) is 10.6. The summed E-state index contributed by atoms with van der Waals surface area (Å²) in [5.74, 6) is -0.925. The van der Waals surface area contributed by atoms with Crippen LogP contribution in [-0.2, 0) is 6.42 Å². The van der Waals surface area contributed by atoms with Gasteiger partial charge in [0, 0.05) is 39.7 Å². The molecule has 9 aromatic carbocycles. The molecule has 0 aromatic heterocycles. The molecular formula is C60H51N5O3. The second kappa shape index (κ2) is 21.8. The maximum Gasteiger partial charge on any atom is 0.336 e. The molecule has 0 saturated carbocycles. The van der Waals surface area contributed by atoms with E-state index in [0.29, 0.717) is 23.3 Å². The van der Waals surface area contributed by atoms with E-state index in [1.54, 1.807) is 0 Å². The Kier molecular flexibility index (Phi) is 14.6. The van der Waals surface area contributed by atoms with E-state index < -0.39 is 12.0 Å². The zero-order valence-electron chi connectivity index (χ0n) is 37.9. The summed E-state index contributed by atoms with van der Waals surface area (Å²) in [7, 11) is 0. The summed E-state index contributed by atoms with van der Waals surface area (Å²) in [5, 5.41) is 14.5. The number of benzene rings is 9. The number of carbonyl (C=O) groups is 2. The van der Waals surface area contributed by atoms with E-state index in [9.17, 15) is 14.7 Å². The third-order valence-corrected chi connectivity index (χ3v) is 11.5. The van der Waals surface area contributed by atoms with Gasteiger partial charge in [0.05, 0.1) is 11.3 Å². The van der Waals surface area contributed by atoms with Crippen LogP contribution in [-0.4, -0.2) is 22.8 Å². The quantitative estimate of drug-likeness (QED) is 0.0789. The van der Waals surface area contributed by atoms with Crippen molar-refractivity contribution in [2.24, 2.45) is 10.8 Å². The first-order chi connectivity index (χ1) is 33.3. The van der Waals surface area contributed by atoms with Crippen LogP contribution in [0.3, 0.4) is 0 Å². The largest absolute Gasteiger partial charge is 0.478 e. The summed E-state index contributed by atoms with van der Waals surface area (Å²) in [6.07, 6.45) is 0.691. The van der Waals surface area contributed by atoms with E-state index in [2.05, 4.69) is 106 Å². The predicted octanol–water partition coefficient (Wildman–Crippen LogP) is 15.0. The van der Waals surface area contributed by atoms with Crippen LogP contribution in [0.1, 0.15) is 35.3 Å². The average Bonchev–Trinajstić information content (AvgIpc) is 3.40. The Hall–Kier alpha value is -9.01. The highest BCUT2D eigenvalue weighted by Gasteiger charge is 2.25. The van der Waals surface area contributed by atoms with Gasteiger partial charge >= 0.3 is 12.0 Å². The number of aromatic carboxylic acids is 1. The summed E-state index contributed by atoms with van der Waals surface area (Å²) >= 11 is 0. The molecule has 0 fully saturated rings. The lowest BCUT2D eigenvalue weighted by atomic mass is 9.82. The van der Waals surface area contributed by atoms with Gasteiger partial charge < -0.3 is 20.6 Å². The molecule has 8 nitrogen and oxygen atoms in total. The Balaban J connectivity index is 0.000000206. The highest BCUT2D eigenvalue weighted by atomic mass is 16.4. The molecule has 0 radical (unpaired) electrons. The van der Waals surface area contributed by atoms with Gasteiger partial charge in [-0.1, -0.05) is 165 Å². The van der Waals surface area contributed by atoms with Crippen molar-refractivity contribution in [1.82, 2.24) is 5.43 Å². The van der Waals surface area contributed by atoms with Crippen LogP contribution in [0.25, 0.3) is 33.4 Å². The van der Waals surface area contributed by atoms with Gasteiger partial charge in [-0.3, -0.25) is 0 Å². The van der Waals surface area contributed by atoms with Gasteiger partial charge in [0.1, 0.15) is 0 Å². The van der Waals surface area contributed by atoms with Crippen LogP contribution >= 0.6 is 0 Å². The number of hydrogen-bond acceptors (Lipinski definition) is 5. The maximum absolute atomic E-state index is 12.9. The minimum absolute atomic E-state index is 0.337. The van der Waals surface area contributed by atoms with E-state index in [0.717, 1.165) is 73.1 Å². The molecule has 0 aliphatic heterocycles. The molecule has 9 aromatic rings. The molecular weight excluding hydrogens is 839 g/mol.